The first-order valence-electron chi connectivity index (χ1n) is 7.79. The summed E-state index contributed by atoms with van der Waals surface area (Å²) in [7, 11) is 0. The van der Waals surface area contributed by atoms with Gasteiger partial charge in [0, 0.05) is 23.6 Å². The summed E-state index contributed by atoms with van der Waals surface area (Å²) >= 11 is 3.49. The van der Waals surface area contributed by atoms with Gasteiger partial charge in [-0.25, -0.2) is 4.79 Å². The van der Waals surface area contributed by atoms with Crippen molar-refractivity contribution in [2.75, 3.05) is 19.6 Å². The van der Waals surface area contributed by atoms with Crippen molar-refractivity contribution in [2.24, 2.45) is 0 Å². The smallest absolute Gasteiger partial charge is 0.410 e. The second-order valence-electron chi connectivity index (χ2n) is 6.75. The number of likely N-dealkylation sites (tertiary alicyclic amines) is 1. The highest BCUT2D eigenvalue weighted by atomic mass is 79.9. The molecule has 0 aromatic heterocycles. The van der Waals surface area contributed by atoms with Crippen molar-refractivity contribution in [1.82, 2.24) is 10.2 Å². The average Bonchev–Trinajstić information content (AvgIpc) is 2.86. The topological polar surface area (TPSA) is 41.6 Å². The molecule has 1 N–H and O–H groups in total. The Morgan fingerprint density at radius 2 is 2.23 bits per heavy atom. The molecule has 0 aliphatic carbocycles. The molecule has 5 heteroatoms. The molecule has 1 aromatic rings. The van der Waals surface area contributed by atoms with Crippen molar-refractivity contribution in [1.29, 1.82) is 0 Å². The number of nitrogens with one attached hydrogen (secondary N) is 1. The molecule has 2 rings (SSSR count). The quantitative estimate of drug-likeness (QED) is 0.882. The number of benzene rings is 1. The third kappa shape index (κ3) is 5.61. The molecular weight excluding hydrogens is 344 g/mol. The van der Waals surface area contributed by atoms with Gasteiger partial charge < -0.3 is 15.0 Å². The van der Waals surface area contributed by atoms with Gasteiger partial charge in [0.1, 0.15) is 5.60 Å². The fourth-order valence-electron chi connectivity index (χ4n) is 2.53. The molecule has 4 nitrogen and oxygen atoms in total. The van der Waals surface area contributed by atoms with Gasteiger partial charge in [-0.3, -0.25) is 0 Å². The highest BCUT2D eigenvalue weighted by molar-refractivity contribution is 9.10. The van der Waals surface area contributed by atoms with Gasteiger partial charge in [0.15, 0.2) is 0 Å². The molecule has 1 aliphatic heterocycles. The van der Waals surface area contributed by atoms with Gasteiger partial charge >= 0.3 is 6.09 Å². The first-order valence-corrected chi connectivity index (χ1v) is 8.58. The molecule has 0 bridgehead atoms. The van der Waals surface area contributed by atoms with E-state index in [-0.39, 0.29) is 6.09 Å². The van der Waals surface area contributed by atoms with Crippen molar-refractivity contribution >= 4 is 22.0 Å². The second-order valence-corrected chi connectivity index (χ2v) is 7.66. The van der Waals surface area contributed by atoms with E-state index >= 15 is 0 Å². The summed E-state index contributed by atoms with van der Waals surface area (Å²) in [5, 5.41) is 3.53. The third-order valence-electron chi connectivity index (χ3n) is 3.58. The van der Waals surface area contributed by atoms with E-state index in [1.54, 1.807) is 4.90 Å². The predicted molar refractivity (Wildman–Crippen MR) is 92.1 cm³/mol. The lowest BCUT2D eigenvalue weighted by Crippen LogP contribution is -2.38. The minimum absolute atomic E-state index is 0.205. The molecule has 1 fully saturated rings. The Balaban J connectivity index is 1.71. The molecule has 0 saturated carbocycles. The van der Waals surface area contributed by atoms with Gasteiger partial charge in [0.05, 0.1) is 0 Å². The van der Waals surface area contributed by atoms with Crippen LogP contribution in [-0.4, -0.2) is 42.3 Å². The first-order chi connectivity index (χ1) is 10.3. The normalized spacial score (nSPS) is 18.5. The molecule has 122 valence electrons. The minimum atomic E-state index is -0.427. The van der Waals surface area contributed by atoms with Crippen molar-refractivity contribution in [2.45, 2.75) is 45.3 Å². The molecule has 22 heavy (non-hydrogen) atoms. The van der Waals surface area contributed by atoms with Gasteiger partial charge in [-0.2, -0.15) is 0 Å². The van der Waals surface area contributed by atoms with Crippen LogP contribution in [0.1, 0.15) is 32.8 Å². The maximum absolute atomic E-state index is 12.0. The number of carbonyl (C=O) groups is 1. The largest absolute Gasteiger partial charge is 0.444 e. The molecule has 1 amide bonds. The lowest BCUT2D eigenvalue weighted by Gasteiger charge is -2.24. The zero-order valence-corrected chi connectivity index (χ0v) is 15.1. The zero-order valence-electron chi connectivity index (χ0n) is 13.6. The lowest BCUT2D eigenvalue weighted by atomic mass is 10.1. The number of rotatable bonds is 4. The zero-order chi connectivity index (χ0) is 16.2. The van der Waals surface area contributed by atoms with Crippen LogP contribution < -0.4 is 5.32 Å². The second kappa shape index (κ2) is 7.47. The number of hydrogen-bond acceptors (Lipinski definition) is 3. The highest BCUT2D eigenvalue weighted by Crippen LogP contribution is 2.16. The van der Waals surface area contributed by atoms with Crippen molar-refractivity contribution in [3.63, 3.8) is 0 Å². The third-order valence-corrected chi connectivity index (χ3v) is 4.07. The Bertz CT molecular complexity index is 514. The van der Waals surface area contributed by atoms with E-state index < -0.39 is 5.60 Å². The van der Waals surface area contributed by atoms with Crippen LogP contribution in [0.25, 0.3) is 0 Å². The van der Waals surface area contributed by atoms with Crippen molar-refractivity contribution < 1.29 is 9.53 Å². The molecule has 1 aromatic carbocycles. The Kier molecular flexibility index (Phi) is 5.87. The Morgan fingerprint density at radius 1 is 1.45 bits per heavy atom. The number of halogens is 1. The van der Waals surface area contributed by atoms with Gasteiger partial charge in [0.2, 0.25) is 0 Å². The molecule has 0 spiro atoms. The van der Waals surface area contributed by atoms with E-state index in [1.165, 1.54) is 5.56 Å². The first kappa shape index (κ1) is 17.3. The maximum atomic E-state index is 12.0. The Morgan fingerprint density at radius 3 is 2.91 bits per heavy atom. The van der Waals surface area contributed by atoms with E-state index in [0.29, 0.717) is 6.04 Å². The van der Waals surface area contributed by atoms with E-state index in [4.69, 9.17) is 4.74 Å². The van der Waals surface area contributed by atoms with Crippen molar-refractivity contribution in [3.05, 3.63) is 34.3 Å². The minimum Gasteiger partial charge on any atom is -0.444 e. The summed E-state index contributed by atoms with van der Waals surface area (Å²) < 4.78 is 6.52. The number of hydrogen-bond donors (Lipinski definition) is 1. The molecular formula is C17H25BrN2O2. The lowest BCUT2D eigenvalue weighted by molar-refractivity contribution is 0.0291. The van der Waals surface area contributed by atoms with Crippen LogP contribution in [0.5, 0.6) is 0 Å². The summed E-state index contributed by atoms with van der Waals surface area (Å²) in [5.74, 6) is 0. The maximum Gasteiger partial charge on any atom is 0.410 e. The molecule has 1 saturated heterocycles. The van der Waals surface area contributed by atoms with Crippen LogP contribution >= 0.6 is 15.9 Å². The van der Waals surface area contributed by atoms with Crippen LogP contribution in [0.15, 0.2) is 28.7 Å². The standard InChI is InChI=1S/C17H25BrN2O2/c1-17(2,3)22-16(21)20-10-8-15(12-20)19-9-7-13-5-4-6-14(18)11-13/h4-6,11,15,19H,7-10,12H2,1-3H3. The SMILES string of the molecule is CC(C)(C)OC(=O)N1CCC(NCCc2cccc(Br)c2)C1. The highest BCUT2D eigenvalue weighted by Gasteiger charge is 2.29. The molecule has 1 atom stereocenters. The predicted octanol–water partition coefficient (Wildman–Crippen LogP) is 3.59. The van der Waals surface area contributed by atoms with Crippen LogP contribution in [0.2, 0.25) is 0 Å². The van der Waals surface area contributed by atoms with Gasteiger partial charge in [-0.05, 0) is 57.9 Å². The van der Waals surface area contributed by atoms with Gasteiger partial charge in [-0.15, -0.1) is 0 Å². The Hall–Kier alpha value is -1.07. The fraction of sp³-hybridized carbons (Fsp3) is 0.588. The molecule has 1 aliphatic rings. The number of nitrogens with zero attached hydrogens (tertiary/aromatic N) is 1. The molecule has 1 heterocycles. The number of carbonyl (C=O) groups excluding carboxylic acids is 1. The molecule has 0 radical (unpaired) electrons. The summed E-state index contributed by atoms with van der Waals surface area (Å²) in [6, 6.07) is 8.73. The van der Waals surface area contributed by atoms with Gasteiger partial charge in [-0.1, -0.05) is 28.1 Å². The average molecular weight is 369 g/mol. The van der Waals surface area contributed by atoms with Crippen LogP contribution in [0.3, 0.4) is 0 Å². The van der Waals surface area contributed by atoms with Crippen LogP contribution in [0.4, 0.5) is 4.79 Å². The molecule has 1 unspecified atom stereocenters. The van der Waals surface area contributed by atoms with Gasteiger partial charge in [0.25, 0.3) is 0 Å². The van der Waals surface area contributed by atoms with E-state index in [2.05, 4.69) is 39.4 Å². The number of ether oxygens (including phenoxy) is 1. The van der Waals surface area contributed by atoms with E-state index in [0.717, 1.165) is 36.9 Å². The summed E-state index contributed by atoms with van der Waals surface area (Å²) in [4.78, 5) is 13.8. The van der Waals surface area contributed by atoms with E-state index in [9.17, 15) is 4.79 Å². The van der Waals surface area contributed by atoms with E-state index in [1.807, 2.05) is 26.8 Å². The number of amides is 1. The summed E-state index contributed by atoms with van der Waals surface area (Å²) in [6.07, 6.45) is 1.77. The summed E-state index contributed by atoms with van der Waals surface area (Å²) in [5.41, 5.74) is 0.882. The van der Waals surface area contributed by atoms with Crippen molar-refractivity contribution in [3.8, 4) is 0 Å². The van der Waals surface area contributed by atoms with Crippen LogP contribution in [-0.2, 0) is 11.2 Å². The Labute approximate surface area is 141 Å². The fourth-order valence-corrected chi connectivity index (χ4v) is 2.98. The monoisotopic (exact) mass is 368 g/mol. The van der Waals surface area contributed by atoms with Crippen LogP contribution in [0, 0.1) is 0 Å². The summed E-state index contributed by atoms with van der Waals surface area (Å²) in [6.45, 7) is 8.11.